The van der Waals surface area contributed by atoms with E-state index in [1.165, 1.54) is 18.2 Å². The minimum Gasteiger partial charge on any atom is -0.321 e. The third kappa shape index (κ3) is 2.89. The van der Waals surface area contributed by atoms with Crippen molar-refractivity contribution in [2.75, 3.05) is 5.32 Å². The Bertz CT molecular complexity index is 986. The van der Waals surface area contributed by atoms with Crippen molar-refractivity contribution in [3.63, 3.8) is 0 Å². The highest BCUT2D eigenvalue weighted by molar-refractivity contribution is 7.90. The minimum atomic E-state index is -3.95. The number of carbonyl (C=O) groups is 2. The van der Waals surface area contributed by atoms with Gasteiger partial charge in [-0.05, 0) is 44.2 Å². The van der Waals surface area contributed by atoms with Crippen molar-refractivity contribution >= 4 is 39.1 Å². The smallest absolute Gasteiger partial charge is 0.269 e. The minimum absolute atomic E-state index is 0.0722. The summed E-state index contributed by atoms with van der Waals surface area (Å²) in [7, 11) is -3.95. The molecule has 1 N–H and O–H groups in total. The van der Waals surface area contributed by atoms with E-state index in [9.17, 15) is 18.0 Å². The average Bonchev–Trinajstić information content (AvgIpc) is 2.75. The molecule has 1 aliphatic heterocycles. The van der Waals surface area contributed by atoms with Gasteiger partial charge in [-0.3, -0.25) is 9.59 Å². The largest absolute Gasteiger partial charge is 0.321 e. The number of fused-ring (bicyclic) bond motifs is 1. The molecule has 1 aliphatic rings. The predicted octanol–water partition coefficient (Wildman–Crippen LogP) is 3.15. The molecule has 0 spiro atoms. The average molecular weight is 379 g/mol. The molecule has 0 atom stereocenters. The number of amides is 2. The van der Waals surface area contributed by atoms with Crippen LogP contribution in [0.15, 0.2) is 47.4 Å². The Morgan fingerprint density at radius 2 is 1.84 bits per heavy atom. The van der Waals surface area contributed by atoms with E-state index in [0.717, 1.165) is 4.31 Å². The number of anilines is 1. The first-order chi connectivity index (χ1) is 11.7. The van der Waals surface area contributed by atoms with E-state index in [0.29, 0.717) is 10.7 Å². The SMILES string of the molecule is CC(C)N1C(=O)c2ccc(C(=O)Nc3ccccc3Cl)cc2S1(=O)=O. The molecule has 2 aromatic rings. The first-order valence-electron chi connectivity index (χ1n) is 7.52. The zero-order valence-corrected chi connectivity index (χ0v) is 15.1. The summed E-state index contributed by atoms with van der Waals surface area (Å²) in [4.78, 5) is 24.6. The van der Waals surface area contributed by atoms with Crippen LogP contribution in [-0.2, 0) is 10.0 Å². The van der Waals surface area contributed by atoms with Gasteiger partial charge in [0.15, 0.2) is 0 Å². The normalized spacial score (nSPS) is 15.4. The number of hydrogen-bond acceptors (Lipinski definition) is 4. The second-order valence-corrected chi connectivity index (χ2v) is 8.04. The Morgan fingerprint density at radius 1 is 1.16 bits per heavy atom. The second kappa shape index (κ2) is 6.16. The van der Waals surface area contributed by atoms with Crippen LogP contribution in [0.5, 0.6) is 0 Å². The molecule has 0 aliphatic carbocycles. The molecule has 0 saturated carbocycles. The van der Waals surface area contributed by atoms with Gasteiger partial charge in [-0.1, -0.05) is 23.7 Å². The lowest BCUT2D eigenvalue weighted by Gasteiger charge is -2.18. The Kier molecular flexibility index (Phi) is 4.30. The van der Waals surface area contributed by atoms with Crippen LogP contribution < -0.4 is 5.32 Å². The van der Waals surface area contributed by atoms with Crippen LogP contribution in [0.4, 0.5) is 5.69 Å². The molecule has 0 aromatic heterocycles. The maximum absolute atomic E-state index is 12.6. The number of nitrogens with zero attached hydrogens (tertiary/aromatic N) is 1. The number of carbonyl (C=O) groups excluding carboxylic acids is 2. The molecule has 2 amide bonds. The Balaban J connectivity index is 1.98. The summed E-state index contributed by atoms with van der Waals surface area (Å²) in [5, 5.41) is 2.99. The number of rotatable bonds is 3. The van der Waals surface area contributed by atoms with E-state index in [1.807, 2.05) is 0 Å². The van der Waals surface area contributed by atoms with Crippen molar-refractivity contribution in [3.8, 4) is 0 Å². The van der Waals surface area contributed by atoms with Gasteiger partial charge in [0.25, 0.3) is 21.8 Å². The summed E-state index contributed by atoms with van der Waals surface area (Å²) in [6, 6.07) is 10.2. The van der Waals surface area contributed by atoms with E-state index in [4.69, 9.17) is 11.6 Å². The Morgan fingerprint density at radius 3 is 2.48 bits per heavy atom. The number of para-hydroxylation sites is 1. The highest BCUT2D eigenvalue weighted by atomic mass is 35.5. The molecule has 0 bridgehead atoms. The fourth-order valence-electron chi connectivity index (χ4n) is 2.66. The lowest BCUT2D eigenvalue weighted by atomic mass is 10.1. The number of nitrogens with one attached hydrogen (secondary N) is 1. The monoisotopic (exact) mass is 378 g/mol. The van der Waals surface area contributed by atoms with E-state index >= 15 is 0 Å². The van der Waals surface area contributed by atoms with E-state index < -0.39 is 27.9 Å². The molecule has 0 fully saturated rings. The van der Waals surface area contributed by atoms with Gasteiger partial charge in [0, 0.05) is 11.6 Å². The first-order valence-corrected chi connectivity index (χ1v) is 9.34. The van der Waals surface area contributed by atoms with Crippen molar-refractivity contribution in [1.29, 1.82) is 0 Å². The van der Waals surface area contributed by atoms with Crippen molar-refractivity contribution in [2.24, 2.45) is 0 Å². The van der Waals surface area contributed by atoms with E-state index in [-0.39, 0.29) is 16.0 Å². The van der Waals surface area contributed by atoms with Crippen molar-refractivity contribution in [3.05, 3.63) is 58.6 Å². The molecule has 25 heavy (non-hydrogen) atoms. The molecule has 130 valence electrons. The summed E-state index contributed by atoms with van der Waals surface area (Å²) < 4.78 is 26.0. The fraction of sp³-hybridized carbons (Fsp3) is 0.176. The number of benzene rings is 2. The van der Waals surface area contributed by atoms with Gasteiger partial charge in [-0.25, -0.2) is 12.7 Å². The van der Waals surface area contributed by atoms with Crippen molar-refractivity contribution in [1.82, 2.24) is 4.31 Å². The van der Waals surface area contributed by atoms with Gasteiger partial charge < -0.3 is 5.32 Å². The molecule has 3 rings (SSSR count). The summed E-state index contributed by atoms with van der Waals surface area (Å²) in [5.41, 5.74) is 0.612. The summed E-state index contributed by atoms with van der Waals surface area (Å²) in [6.45, 7) is 3.23. The quantitative estimate of drug-likeness (QED) is 0.889. The Hall–Kier alpha value is -2.38. The molecular weight excluding hydrogens is 364 g/mol. The van der Waals surface area contributed by atoms with Crippen LogP contribution in [0, 0.1) is 0 Å². The van der Waals surface area contributed by atoms with Crippen molar-refractivity contribution < 1.29 is 18.0 Å². The Labute approximate surface area is 150 Å². The van der Waals surface area contributed by atoms with Crippen LogP contribution in [0.2, 0.25) is 5.02 Å². The van der Waals surface area contributed by atoms with Crippen LogP contribution in [0.25, 0.3) is 0 Å². The van der Waals surface area contributed by atoms with E-state index in [1.54, 1.807) is 38.1 Å². The maximum Gasteiger partial charge on any atom is 0.269 e. The summed E-state index contributed by atoms with van der Waals surface area (Å²) in [6.07, 6.45) is 0. The molecule has 2 aromatic carbocycles. The number of sulfonamides is 1. The second-order valence-electron chi connectivity index (χ2n) is 5.84. The van der Waals surface area contributed by atoms with Crippen molar-refractivity contribution in [2.45, 2.75) is 24.8 Å². The van der Waals surface area contributed by atoms with Crippen LogP contribution in [0.3, 0.4) is 0 Å². The first kappa shape index (κ1) is 17.4. The van der Waals surface area contributed by atoms with Gasteiger partial charge in [-0.2, -0.15) is 0 Å². The topological polar surface area (TPSA) is 83.6 Å². The molecule has 1 heterocycles. The molecule has 0 radical (unpaired) electrons. The number of halogens is 1. The summed E-state index contributed by atoms with van der Waals surface area (Å²) in [5.74, 6) is -1.09. The predicted molar refractivity (Wildman–Crippen MR) is 94.3 cm³/mol. The van der Waals surface area contributed by atoms with Crippen LogP contribution in [-0.4, -0.2) is 30.6 Å². The zero-order chi connectivity index (χ0) is 18.4. The van der Waals surface area contributed by atoms with Gasteiger partial charge >= 0.3 is 0 Å². The third-order valence-corrected chi connectivity index (χ3v) is 6.13. The standard InChI is InChI=1S/C17H15ClN2O4S/c1-10(2)20-17(22)12-8-7-11(9-15(12)25(20,23)24)16(21)19-14-6-4-3-5-13(14)18/h3-10H,1-2H3,(H,19,21). The van der Waals surface area contributed by atoms with Crippen LogP contribution in [0.1, 0.15) is 34.6 Å². The van der Waals surface area contributed by atoms with Gasteiger partial charge in [0.05, 0.1) is 16.3 Å². The fourth-order valence-corrected chi connectivity index (χ4v) is 4.63. The highest BCUT2D eigenvalue weighted by Crippen LogP contribution is 2.33. The van der Waals surface area contributed by atoms with Gasteiger partial charge in [-0.15, -0.1) is 0 Å². The molecule has 0 saturated heterocycles. The molecule has 6 nitrogen and oxygen atoms in total. The molecular formula is C17H15ClN2O4S. The lowest BCUT2D eigenvalue weighted by Crippen LogP contribution is -2.36. The van der Waals surface area contributed by atoms with Crippen LogP contribution >= 0.6 is 11.6 Å². The van der Waals surface area contributed by atoms with E-state index in [2.05, 4.69) is 5.32 Å². The summed E-state index contributed by atoms with van der Waals surface area (Å²) >= 11 is 6.01. The highest BCUT2D eigenvalue weighted by Gasteiger charge is 2.42. The zero-order valence-electron chi connectivity index (χ0n) is 13.5. The third-order valence-electron chi connectivity index (χ3n) is 3.80. The van der Waals surface area contributed by atoms with Gasteiger partial charge in [0.2, 0.25) is 0 Å². The lowest BCUT2D eigenvalue weighted by molar-refractivity contribution is 0.0846. The molecule has 8 heteroatoms. The van der Waals surface area contributed by atoms with Gasteiger partial charge in [0.1, 0.15) is 4.90 Å². The number of hydrogen-bond donors (Lipinski definition) is 1. The molecule has 0 unspecified atom stereocenters. The maximum atomic E-state index is 12.6.